The third-order valence-electron chi connectivity index (χ3n) is 4.21. The number of carbonyl (C=O) groups excluding carboxylic acids is 1. The summed E-state index contributed by atoms with van der Waals surface area (Å²) in [5.74, 6) is 0.410. The van der Waals surface area contributed by atoms with E-state index in [2.05, 4.69) is 32.0 Å². The second-order valence-corrected chi connectivity index (χ2v) is 6.60. The number of hydrogen-bond donors (Lipinski definition) is 1. The van der Waals surface area contributed by atoms with E-state index in [0.717, 1.165) is 38.5 Å². The van der Waals surface area contributed by atoms with Crippen LogP contribution in [0, 0.1) is 0 Å². The van der Waals surface area contributed by atoms with Gasteiger partial charge in [-0.25, -0.2) is 9.97 Å². The van der Waals surface area contributed by atoms with Gasteiger partial charge >= 0.3 is 0 Å². The highest BCUT2D eigenvalue weighted by Gasteiger charge is 2.19. The average molecular weight is 380 g/mol. The quantitative estimate of drug-likeness (QED) is 0.883. The molecule has 0 bridgehead atoms. The fourth-order valence-electron chi connectivity index (χ4n) is 2.72. The van der Waals surface area contributed by atoms with Gasteiger partial charge in [0.25, 0.3) is 5.91 Å². The third-order valence-corrected chi connectivity index (χ3v) is 4.77. The van der Waals surface area contributed by atoms with Gasteiger partial charge in [-0.05, 0) is 24.7 Å². The number of benzene rings is 1. The fraction of sp³-hybridized carbons (Fsp3) is 0.353. The van der Waals surface area contributed by atoms with Crippen LogP contribution >= 0.6 is 23.2 Å². The number of hydrogen-bond acceptors (Lipinski definition) is 5. The first-order valence-electron chi connectivity index (χ1n) is 8.12. The molecule has 2 heterocycles. The summed E-state index contributed by atoms with van der Waals surface area (Å²) < 4.78 is 0. The Morgan fingerprint density at radius 2 is 1.92 bits per heavy atom. The number of amides is 1. The number of halogens is 2. The maximum absolute atomic E-state index is 12.5. The molecule has 1 N–H and O–H groups in total. The lowest BCUT2D eigenvalue weighted by atomic mass is 10.2. The molecule has 0 unspecified atom stereocenters. The second kappa shape index (κ2) is 7.99. The summed E-state index contributed by atoms with van der Waals surface area (Å²) in [6.45, 7) is 6.94. The van der Waals surface area contributed by atoms with Gasteiger partial charge in [0, 0.05) is 37.3 Å². The van der Waals surface area contributed by atoms with Crippen molar-refractivity contribution in [3.05, 3.63) is 46.3 Å². The average Bonchev–Trinajstić information content (AvgIpc) is 2.65. The van der Waals surface area contributed by atoms with Crippen LogP contribution in [0.1, 0.15) is 17.4 Å². The highest BCUT2D eigenvalue weighted by Crippen LogP contribution is 2.26. The molecule has 25 heavy (non-hydrogen) atoms. The summed E-state index contributed by atoms with van der Waals surface area (Å²) in [5, 5.41) is 3.66. The molecule has 6 nitrogen and oxygen atoms in total. The number of nitrogens with one attached hydrogen (secondary N) is 1. The highest BCUT2D eigenvalue weighted by atomic mass is 35.5. The third kappa shape index (κ3) is 4.39. The molecule has 0 spiro atoms. The molecule has 2 aromatic rings. The van der Waals surface area contributed by atoms with Crippen molar-refractivity contribution in [2.24, 2.45) is 0 Å². The lowest BCUT2D eigenvalue weighted by Crippen LogP contribution is -2.46. The zero-order chi connectivity index (χ0) is 17.8. The van der Waals surface area contributed by atoms with Crippen molar-refractivity contribution in [1.82, 2.24) is 14.9 Å². The maximum atomic E-state index is 12.5. The Balaban J connectivity index is 1.72. The molecule has 1 fully saturated rings. The van der Waals surface area contributed by atoms with Gasteiger partial charge < -0.3 is 15.1 Å². The molecular weight excluding hydrogens is 361 g/mol. The number of rotatable bonds is 4. The van der Waals surface area contributed by atoms with Gasteiger partial charge in [-0.3, -0.25) is 4.79 Å². The SMILES string of the molecule is CCN1CCN(c2cc(C(=O)Nc3cc(Cl)ccc3Cl)ncn2)CC1. The van der Waals surface area contributed by atoms with E-state index in [1.807, 2.05) is 0 Å². The largest absolute Gasteiger partial charge is 0.354 e. The predicted molar refractivity (Wildman–Crippen MR) is 101 cm³/mol. The molecule has 0 saturated carbocycles. The second-order valence-electron chi connectivity index (χ2n) is 5.76. The number of nitrogens with zero attached hydrogens (tertiary/aromatic N) is 4. The number of likely N-dealkylation sites (N-methyl/N-ethyl adjacent to an activating group) is 1. The topological polar surface area (TPSA) is 61.4 Å². The van der Waals surface area contributed by atoms with Crippen molar-refractivity contribution in [3.63, 3.8) is 0 Å². The van der Waals surface area contributed by atoms with E-state index in [4.69, 9.17) is 23.2 Å². The van der Waals surface area contributed by atoms with Crippen LogP contribution in [0.25, 0.3) is 0 Å². The standard InChI is InChI=1S/C17H19Cl2N5O/c1-2-23-5-7-24(8-6-23)16-10-15(20-11-21-16)17(25)22-14-9-12(18)3-4-13(14)19/h3-4,9-11H,2,5-8H2,1H3,(H,22,25). The minimum absolute atomic E-state index is 0.291. The maximum Gasteiger partial charge on any atom is 0.274 e. The van der Waals surface area contributed by atoms with E-state index in [1.165, 1.54) is 6.33 Å². The van der Waals surface area contributed by atoms with E-state index < -0.39 is 0 Å². The minimum Gasteiger partial charge on any atom is -0.354 e. The minimum atomic E-state index is -0.347. The molecule has 3 rings (SSSR count). The van der Waals surface area contributed by atoms with Crippen molar-refractivity contribution in [3.8, 4) is 0 Å². The van der Waals surface area contributed by atoms with Crippen LogP contribution < -0.4 is 10.2 Å². The first-order chi connectivity index (χ1) is 12.1. The first kappa shape index (κ1) is 17.9. The van der Waals surface area contributed by atoms with Crippen LogP contribution in [0.5, 0.6) is 0 Å². The summed E-state index contributed by atoms with van der Waals surface area (Å²) >= 11 is 12.0. The normalized spacial score (nSPS) is 15.2. The van der Waals surface area contributed by atoms with Gasteiger partial charge in [0.15, 0.2) is 0 Å². The van der Waals surface area contributed by atoms with E-state index in [-0.39, 0.29) is 5.91 Å². The summed E-state index contributed by atoms with van der Waals surface area (Å²) in [6, 6.07) is 6.61. The Hall–Kier alpha value is -1.89. The predicted octanol–water partition coefficient (Wildman–Crippen LogP) is 3.18. The van der Waals surface area contributed by atoms with E-state index >= 15 is 0 Å². The van der Waals surface area contributed by atoms with Crippen LogP contribution in [-0.2, 0) is 0 Å². The van der Waals surface area contributed by atoms with Crippen molar-refractivity contribution in [2.45, 2.75) is 6.92 Å². The van der Waals surface area contributed by atoms with Crippen molar-refractivity contribution >= 4 is 40.6 Å². The van der Waals surface area contributed by atoms with Crippen LogP contribution in [0.4, 0.5) is 11.5 Å². The monoisotopic (exact) mass is 379 g/mol. The van der Waals surface area contributed by atoms with Crippen LogP contribution in [-0.4, -0.2) is 53.5 Å². The zero-order valence-electron chi connectivity index (χ0n) is 13.9. The molecule has 0 radical (unpaired) electrons. The van der Waals surface area contributed by atoms with Gasteiger partial charge in [-0.1, -0.05) is 30.1 Å². The van der Waals surface area contributed by atoms with Gasteiger partial charge in [0.05, 0.1) is 10.7 Å². The van der Waals surface area contributed by atoms with Crippen molar-refractivity contribution in [1.29, 1.82) is 0 Å². The first-order valence-corrected chi connectivity index (χ1v) is 8.88. The number of anilines is 2. The Morgan fingerprint density at radius 3 is 2.64 bits per heavy atom. The lowest BCUT2D eigenvalue weighted by molar-refractivity contribution is 0.102. The molecule has 1 saturated heterocycles. The Kier molecular flexibility index (Phi) is 5.73. The zero-order valence-corrected chi connectivity index (χ0v) is 15.4. The van der Waals surface area contributed by atoms with Crippen LogP contribution in [0.15, 0.2) is 30.6 Å². The molecule has 0 atom stereocenters. The number of piperazine rings is 1. The van der Waals surface area contributed by atoms with E-state index in [1.54, 1.807) is 24.3 Å². The van der Waals surface area contributed by atoms with Crippen molar-refractivity contribution in [2.75, 3.05) is 42.9 Å². The Morgan fingerprint density at radius 1 is 1.16 bits per heavy atom. The number of carbonyl (C=O) groups is 1. The number of aromatic nitrogens is 2. The molecular formula is C17H19Cl2N5O. The molecule has 1 aromatic heterocycles. The molecule has 132 valence electrons. The van der Waals surface area contributed by atoms with Crippen LogP contribution in [0.3, 0.4) is 0 Å². The van der Waals surface area contributed by atoms with Crippen LogP contribution in [0.2, 0.25) is 10.0 Å². The molecule has 1 aliphatic heterocycles. The van der Waals surface area contributed by atoms with Gasteiger partial charge in [0.1, 0.15) is 17.8 Å². The van der Waals surface area contributed by atoms with E-state index in [9.17, 15) is 4.79 Å². The van der Waals surface area contributed by atoms with Gasteiger partial charge in [0.2, 0.25) is 0 Å². The van der Waals surface area contributed by atoms with Gasteiger partial charge in [-0.15, -0.1) is 0 Å². The molecule has 0 aliphatic carbocycles. The lowest BCUT2D eigenvalue weighted by Gasteiger charge is -2.34. The summed E-state index contributed by atoms with van der Waals surface area (Å²) in [7, 11) is 0. The summed E-state index contributed by atoms with van der Waals surface area (Å²) in [6.07, 6.45) is 1.41. The molecule has 1 aliphatic rings. The Labute approximate surface area is 156 Å². The van der Waals surface area contributed by atoms with Crippen molar-refractivity contribution < 1.29 is 4.79 Å². The fourth-order valence-corrected chi connectivity index (χ4v) is 3.05. The smallest absolute Gasteiger partial charge is 0.274 e. The van der Waals surface area contributed by atoms with Gasteiger partial charge in [-0.2, -0.15) is 0 Å². The Bertz CT molecular complexity index is 762. The molecule has 1 amide bonds. The van der Waals surface area contributed by atoms with E-state index in [0.29, 0.717) is 21.4 Å². The summed E-state index contributed by atoms with van der Waals surface area (Å²) in [5.41, 5.74) is 0.745. The summed E-state index contributed by atoms with van der Waals surface area (Å²) in [4.78, 5) is 25.4. The molecule has 8 heteroatoms. The molecule has 1 aromatic carbocycles. The highest BCUT2D eigenvalue weighted by molar-refractivity contribution is 6.35.